The Hall–Kier alpha value is -1.11. The van der Waals surface area contributed by atoms with Gasteiger partial charge in [-0.1, -0.05) is 12.1 Å². The molecule has 2 rings (SSSR count). The Morgan fingerprint density at radius 3 is 2.55 bits per heavy atom. The van der Waals surface area contributed by atoms with Gasteiger partial charge in [0.1, 0.15) is 4.90 Å². The van der Waals surface area contributed by atoms with Crippen molar-refractivity contribution in [3.05, 3.63) is 24.3 Å². The van der Waals surface area contributed by atoms with E-state index >= 15 is 0 Å². The Morgan fingerprint density at radius 2 is 1.95 bits per heavy atom. The number of para-hydroxylation sites is 1. The fraction of sp³-hybridized carbons (Fsp3) is 0.571. The molecule has 0 spiro atoms. The van der Waals surface area contributed by atoms with Gasteiger partial charge in [0.15, 0.2) is 0 Å². The number of anilines is 1. The fourth-order valence-corrected chi connectivity index (χ4v) is 3.26. The molecule has 1 unspecified atom stereocenters. The summed E-state index contributed by atoms with van der Waals surface area (Å²) in [4.78, 5) is 2.42. The quantitative estimate of drug-likeness (QED) is 0.800. The second kappa shape index (κ2) is 6.11. The van der Waals surface area contributed by atoms with Crippen molar-refractivity contribution in [3.63, 3.8) is 0 Å². The maximum atomic E-state index is 12.3. The van der Waals surface area contributed by atoms with Gasteiger partial charge < -0.3 is 10.2 Å². The average Bonchev–Trinajstić information content (AvgIpc) is 3.19. The zero-order valence-corrected chi connectivity index (χ0v) is 13.1. The molecule has 20 heavy (non-hydrogen) atoms. The molecule has 1 fully saturated rings. The highest BCUT2D eigenvalue weighted by Crippen LogP contribution is 2.25. The molecule has 1 aromatic rings. The lowest BCUT2D eigenvalue weighted by Gasteiger charge is -2.21. The Morgan fingerprint density at radius 1 is 1.30 bits per heavy atom. The standard InChI is InChI=1S/C14H23N3O2S/c1-11(17(2)3)10-15-13-6-4-5-7-14(13)20(18,19)16-12-8-9-12/h4-7,11-12,15-16H,8-10H2,1-3H3. The first-order chi connectivity index (χ1) is 9.40. The van der Waals surface area contributed by atoms with Gasteiger partial charge in [-0.2, -0.15) is 0 Å². The summed E-state index contributed by atoms with van der Waals surface area (Å²) in [6.07, 6.45) is 1.87. The number of rotatable bonds is 7. The van der Waals surface area contributed by atoms with Crippen molar-refractivity contribution in [2.75, 3.05) is 26.0 Å². The molecule has 2 N–H and O–H groups in total. The number of sulfonamides is 1. The van der Waals surface area contributed by atoms with Crippen LogP contribution in [0, 0.1) is 0 Å². The van der Waals surface area contributed by atoms with Crippen molar-refractivity contribution in [1.82, 2.24) is 9.62 Å². The second-order valence-electron chi connectivity index (χ2n) is 5.59. The smallest absolute Gasteiger partial charge is 0.242 e. The van der Waals surface area contributed by atoms with E-state index in [0.29, 0.717) is 23.2 Å². The summed E-state index contributed by atoms with van der Waals surface area (Å²) < 4.78 is 27.4. The molecule has 1 saturated carbocycles. The summed E-state index contributed by atoms with van der Waals surface area (Å²) in [7, 11) is 0.585. The number of nitrogens with one attached hydrogen (secondary N) is 2. The molecule has 0 bridgehead atoms. The van der Waals surface area contributed by atoms with Crippen molar-refractivity contribution in [3.8, 4) is 0 Å². The molecule has 5 nitrogen and oxygen atoms in total. The maximum Gasteiger partial charge on any atom is 0.242 e. The molecule has 1 aliphatic rings. The summed E-state index contributed by atoms with van der Waals surface area (Å²) in [5, 5.41) is 3.23. The lowest BCUT2D eigenvalue weighted by Crippen LogP contribution is -2.32. The van der Waals surface area contributed by atoms with E-state index in [2.05, 4.69) is 21.9 Å². The van der Waals surface area contributed by atoms with Crippen LogP contribution in [0.3, 0.4) is 0 Å². The largest absolute Gasteiger partial charge is 0.382 e. The van der Waals surface area contributed by atoms with Gasteiger partial charge in [-0.15, -0.1) is 0 Å². The van der Waals surface area contributed by atoms with Crippen LogP contribution < -0.4 is 10.0 Å². The molecular weight excluding hydrogens is 274 g/mol. The van der Waals surface area contributed by atoms with E-state index in [1.807, 2.05) is 26.2 Å². The molecule has 0 saturated heterocycles. The predicted octanol–water partition coefficient (Wildman–Crippen LogP) is 1.49. The summed E-state index contributed by atoms with van der Waals surface area (Å²) in [6.45, 7) is 2.79. The molecular formula is C14H23N3O2S. The van der Waals surface area contributed by atoms with Crippen LogP contribution in [0.1, 0.15) is 19.8 Å². The van der Waals surface area contributed by atoms with Crippen LogP contribution in [-0.2, 0) is 10.0 Å². The summed E-state index contributed by atoms with van der Waals surface area (Å²) >= 11 is 0. The number of likely N-dealkylation sites (N-methyl/N-ethyl adjacent to an activating group) is 1. The molecule has 0 radical (unpaired) electrons. The minimum Gasteiger partial charge on any atom is -0.382 e. The lowest BCUT2D eigenvalue weighted by atomic mass is 10.2. The van der Waals surface area contributed by atoms with Crippen LogP contribution in [0.5, 0.6) is 0 Å². The number of hydrogen-bond donors (Lipinski definition) is 2. The van der Waals surface area contributed by atoms with Crippen molar-refractivity contribution in [2.45, 2.75) is 36.7 Å². The van der Waals surface area contributed by atoms with E-state index in [9.17, 15) is 8.42 Å². The number of benzene rings is 1. The molecule has 112 valence electrons. The van der Waals surface area contributed by atoms with Crippen LogP contribution in [0.25, 0.3) is 0 Å². The third kappa shape index (κ3) is 3.94. The van der Waals surface area contributed by atoms with Crippen molar-refractivity contribution < 1.29 is 8.42 Å². The first-order valence-corrected chi connectivity index (χ1v) is 8.40. The van der Waals surface area contributed by atoms with E-state index < -0.39 is 10.0 Å². The molecule has 0 aliphatic heterocycles. The summed E-state index contributed by atoms with van der Waals surface area (Å²) in [5.41, 5.74) is 0.661. The Bertz CT molecular complexity index is 553. The second-order valence-corrected chi connectivity index (χ2v) is 7.27. The minimum atomic E-state index is -3.42. The summed E-state index contributed by atoms with van der Waals surface area (Å²) in [5.74, 6) is 0. The zero-order chi connectivity index (χ0) is 14.8. The molecule has 0 amide bonds. The van der Waals surface area contributed by atoms with Gasteiger partial charge in [0.2, 0.25) is 10.0 Å². The SMILES string of the molecule is CC(CNc1ccccc1S(=O)(=O)NC1CC1)N(C)C. The third-order valence-electron chi connectivity index (χ3n) is 3.55. The van der Waals surface area contributed by atoms with E-state index in [-0.39, 0.29) is 6.04 Å². The first-order valence-electron chi connectivity index (χ1n) is 6.92. The Balaban J connectivity index is 2.13. The zero-order valence-electron chi connectivity index (χ0n) is 12.3. The Kier molecular flexibility index (Phi) is 4.67. The highest BCUT2D eigenvalue weighted by molar-refractivity contribution is 7.89. The fourth-order valence-electron chi connectivity index (χ4n) is 1.77. The lowest BCUT2D eigenvalue weighted by molar-refractivity contribution is 0.326. The van der Waals surface area contributed by atoms with E-state index in [4.69, 9.17) is 0 Å². The molecule has 0 heterocycles. The van der Waals surface area contributed by atoms with Crippen LogP contribution in [0.15, 0.2) is 29.2 Å². The molecule has 6 heteroatoms. The first kappa shape index (κ1) is 15.3. The van der Waals surface area contributed by atoms with Crippen molar-refractivity contribution in [1.29, 1.82) is 0 Å². The predicted molar refractivity (Wildman–Crippen MR) is 81.4 cm³/mol. The van der Waals surface area contributed by atoms with Gasteiger partial charge >= 0.3 is 0 Å². The topological polar surface area (TPSA) is 61.4 Å². The highest BCUT2D eigenvalue weighted by atomic mass is 32.2. The van der Waals surface area contributed by atoms with Crippen LogP contribution in [0.2, 0.25) is 0 Å². The van der Waals surface area contributed by atoms with Crippen LogP contribution in [0.4, 0.5) is 5.69 Å². The molecule has 1 aromatic carbocycles. The normalized spacial score (nSPS) is 17.2. The molecule has 0 aromatic heterocycles. The number of hydrogen-bond acceptors (Lipinski definition) is 4. The number of nitrogens with zero attached hydrogens (tertiary/aromatic N) is 1. The van der Waals surface area contributed by atoms with Gasteiger partial charge in [-0.3, -0.25) is 0 Å². The Labute approximate surface area is 121 Å². The minimum absolute atomic E-state index is 0.119. The van der Waals surface area contributed by atoms with Crippen molar-refractivity contribution in [2.24, 2.45) is 0 Å². The monoisotopic (exact) mass is 297 g/mol. The van der Waals surface area contributed by atoms with E-state index in [1.54, 1.807) is 12.1 Å². The van der Waals surface area contributed by atoms with Crippen molar-refractivity contribution >= 4 is 15.7 Å². The average molecular weight is 297 g/mol. The maximum absolute atomic E-state index is 12.3. The van der Waals surface area contributed by atoms with E-state index in [1.165, 1.54) is 0 Å². The molecule has 1 atom stereocenters. The van der Waals surface area contributed by atoms with Crippen LogP contribution in [-0.4, -0.2) is 46.0 Å². The van der Waals surface area contributed by atoms with Gasteiger partial charge in [0.25, 0.3) is 0 Å². The third-order valence-corrected chi connectivity index (χ3v) is 5.12. The highest BCUT2D eigenvalue weighted by Gasteiger charge is 2.29. The van der Waals surface area contributed by atoms with Gasteiger partial charge in [0.05, 0.1) is 5.69 Å². The van der Waals surface area contributed by atoms with Gasteiger partial charge in [-0.05, 0) is 46.0 Å². The van der Waals surface area contributed by atoms with Gasteiger partial charge in [0, 0.05) is 18.6 Å². The molecule has 1 aliphatic carbocycles. The van der Waals surface area contributed by atoms with Gasteiger partial charge in [-0.25, -0.2) is 13.1 Å². The van der Waals surface area contributed by atoms with Crippen LogP contribution >= 0.6 is 0 Å². The van der Waals surface area contributed by atoms with E-state index in [0.717, 1.165) is 12.8 Å². The summed E-state index contributed by atoms with van der Waals surface area (Å²) in [6, 6.07) is 7.49.